The molecule has 6 heteroatoms. The van der Waals surface area contributed by atoms with E-state index in [-0.39, 0.29) is 10.9 Å². The molecule has 0 aliphatic carbocycles. The van der Waals surface area contributed by atoms with Crippen LogP contribution >= 0.6 is 11.3 Å². The molecular formula is C10H16N2O3S. The minimum Gasteiger partial charge on any atom is -0.462 e. The van der Waals surface area contributed by atoms with E-state index in [0.29, 0.717) is 17.2 Å². The van der Waals surface area contributed by atoms with E-state index in [1.165, 1.54) is 4.68 Å². The van der Waals surface area contributed by atoms with Crippen LogP contribution < -0.4 is 10.3 Å². The molecule has 0 radical (unpaired) electrons. The second-order valence-corrected chi connectivity index (χ2v) is 4.58. The highest BCUT2D eigenvalue weighted by atomic mass is 32.1. The molecule has 1 rings (SSSR count). The molecule has 5 nitrogen and oxygen atoms in total. The number of hydrogen-bond donors (Lipinski definition) is 1. The Kier molecular flexibility index (Phi) is 4.12. The van der Waals surface area contributed by atoms with Crippen LogP contribution in [0.25, 0.3) is 0 Å². The molecule has 0 amide bonds. The fourth-order valence-electron chi connectivity index (χ4n) is 1.24. The van der Waals surface area contributed by atoms with Crippen molar-refractivity contribution in [3.8, 4) is 0 Å². The lowest BCUT2D eigenvalue weighted by molar-refractivity contribution is 0.0530. The average Bonchev–Trinajstić information content (AvgIpc) is 2.45. The first-order valence-corrected chi connectivity index (χ1v) is 5.95. The van der Waals surface area contributed by atoms with Crippen LogP contribution in [0.5, 0.6) is 0 Å². The third-order valence-corrected chi connectivity index (χ3v) is 2.91. The number of nitrogens with zero attached hydrogens (tertiary/aromatic N) is 1. The van der Waals surface area contributed by atoms with Crippen LogP contribution in [0.2, 0.25) is 0 Å². The van der Waals surface area contributed by atoms with Crippen molar-refractivity contribution >= 4 is 17.3 Å². The molecule has 0 spiro atoms. The van der Waals surface area contributed by atoms with Crippen LogP contribution in [0, 0.1) is 6.92 Å². The quantitative estimate of drug-likeness (QED) is 0.812. The summed E-state index contributed by atoms with van der Waals surface area (Å²) in [5.41, 5.74) is 3.56. The summed E-state index contributed by atoms with van der Waals surface area (Å²) in [4.78, 5) is 23.3. The van der Waals surface area contributed by atoms with Gasteiger partial charge in [-0.15, -0.1) is 0 Å². The van der Waals surface area contributed by atoms with E-state index in [1.54, 1.807) is 13.8 Å². The molecule has 0 aromatic carbocycles. The normalized spacial score (nSPS) is 10.6. The minimum atomic E-state index is -0.439. The summed E-state index contributed by atoms with van der Waals surface area (Å²) >= 11 is 0.901. The molecule has 0 aliphatic rings. The SMILES string of the molecule is CCOC(=O)c1sc(=O)n(NC(C)C)c1C. The van der Waals surface area contributed by atoms with Gasteiger partial charge >= 0.3 is 10.8 Å². The molecule has 0 unspecified atom stereocenters. The molecule has 16 heavy (non-hydrogen) atoms. The lowest BCUT2D eigenvalue weighted by Crippen LogP contribution is -2.30. The van der Waals surface area contributed by atoms with Gasteiger partial charge in [-0.1, -0.05) is 11.3 Å². The van der Waals surface area contributed by atoms with Crippen molar-refractivity contribution in [3.05, 3.63) is 20.2 Å². The van der Waals surface area contributed by atoms with Crippen molar-refractivity contribution in [2.45, 2.75) is 33.7 Å². The maximum Gasteiger partial charge on any atom is 0.350 e. The van der Waals surface area contributed by atoms with Crippen molar-refractivity contribution in [1.82, 2.24) is 4.68 Å². The van der Waals surface area contributed by atoms with Crippen LogP contribution in [-0.2, 0) is 4.74 Å². The summed E-state index contributed by atoms with van der Waals surface area (Å²) in [6, 6.07) is 0.126. The molecular weight excluding hydrogens is 228 g/mol. The molecule has 0 saturated heterocycles. The number of hydrogen-bond acceptors (Lipinski definition) is 5. The highest BCUT2D eigenvalue weighted by molar-refractivity contribution is 7.11. The predicted octanol–water partition coefficient (Wildman–Crippen LogP) is 1.35. The monoisotopic (exact) mass is 244 g/mol. The summed E-state index contributed by atoms with van der Waals surface area (Å²) in [5, 5.41) is 0. The molecule has 0 aliphatic heterocycles. The largest absolute Gasteiger partial charge is 0.462 e. The van der Waals surface area contributed by atoms with Gasteiger partial charge in [-0.05, 0) is 27.7 Å². The van der Waals surface area contributed by atoms with Gasteiger partial charge in [0, 0.05) is 6.04 Å². The Labute approximate surface area is 98.0 Å². The van der Waals surface area contributed by atoms with Gasteiger partial charge in [-0.2, -0.15) is 0 Å². The molecule has 0 fully saturated rings. The van der Waals surface area contributed by atoms with E-state index in [4.69, 9.17) is 4.74 Å². The number of thiazole rings is 1. The van der Waals surface area contributed by atoms with E-state index in [1.807, 2.05) is 13.8 Å². The summed E-state index contributed by atoms with van der Waals surface area (Å²) < 4.78 is 6.26. The van der Waals surface area contributed by atoms with Crippen LogP contribution in [-0.4, -0.2) is 23.3 Å². The van der Waals surface area contributed by atoms with E-state index >= 15 is 0 Å². The molecule has 0 bridgehead atoms. The van der Waals surface area contributed by atoms with Crippen LogP contribution in [0.3, 0.4) is 0 Å². The first-order valence-electron chi connectivity index (χ1n) is 5.13. The summed E-state index contributed by atoms with van der Waals surface area (Å²) in [6.07, 6.45) is 0. The number of carbonyl (C=O) groups is 1. The number of nitrogens with one attached hydrogen (secondary N) is 1. The molecule has 0 atom stereocenters. The van der Waals surface area contributed by atoms with Crippen LogP contribution in [0.4, 0.5) is 0 Å². The maximum atomic E-state index is 11.6. The zero-order chi connectivity index (χ0) is 12.3. The van der Waals surface area contributed by atoms with Gasteiger partial charge in [-0.3, -0.25) is 4.79 Å². The Hall–Kier alpha value is -1.30. The minimum absolute atomic E-state index is 0.126. The lowest BCUT2D eigenvalue weighted by Gasteiger charge is -2.11. The number of ether oxygens (including phenoxy) is 1. The topological polar surface area (TPSA) is 60.3 Å². The van der Waals surface area contributed by atoms with Gasteiger partial charge in [0.05, 0.1) is 12.3 Å². The van der Waals surface area contributed by atoms with Crippen molar-refractivity contribution in [1.29, 1.82) is 0 Å². The van der Waals surface area contributed by atoms with Gasteiger partial charge in [0.25, 0.3) is 0 Å². The van der Waals surface area contributed by atoms with Gasteiger partial charge < -0.3 is 10.2 Å². The zero-order valence-corrected chi connectivity index (χ0v) is 10.7. The Bertz CT molecular complexity index is 434. The standard InChI is InChI=1S/C10H16N2O3S/c1-5-15-9(13)8-7(4)12(10(14)16-8)11-6(2)3/h6,11H,5H2,1-4H3. The predicted molar refractivity (Wildman–Crippen MR) is 63.8 cm³/mol. The second-order valence-electron chi connectivity index (χ2n) is 3.62. The van der Waals surface area contributed by atoms with E-state index in [0.717, 1.165) is 11.3 Å². The average molecular weight is 244 g/mol. The molecule has 1 aromatic rings. The van der Waals surface area contributed by atoms with E-state index in [2.05, 4.69) is 5.43 Å². The van der Waals surface area contributed by atoms with Crippen molar-refractivity contribution < 1.29 is 9.53 Å². The summed E-state index contributed by atoms with van der Waals surface area (Å²) in [6.45, 7) is 7.61. The fraction of sp³-hybridized carbons (Fsp3) is 0.600. The molecule has 1 heterocycles. The third kappa shape index (κ3) is 2.63. The highest BCUT2D eigenvalue weighted by Crippen LogP contribution is 2.12. The third-order valence-electron chi connectivity index (χ3n) is 1.88. The van der Waals surface area contributed by atoms with Gasteiger partial charge in [-0.25, -0.2) is 9.47 Å². The van der Waals surface area contributed by atoms with E-state index < -0.39 is 5.97 Å². The number of carbonyl (C=O) groups excluding carboxylic acids is 1. The fourth-order valence-corrected chi connectivity index (χ4v) is 2.08. The Morgan fingerprint density at radius 1 is 1.56 bits per heavy atom. The summed E-state index contributed by atoms with van der Waals surface area (Å²) in [7, 11) is 0. The van der Waals surface area contributed by atoms with Gasteiger partial charge in [0.2, 0.25) is 0 Å². The summed E-state index contributed by atoms with van der Waals surface area (Å²) in [5.74, 6) is -0.439. The molecule has 0 saturated carbocycles. The van der Waals surface area contributed by atoms with Crippen LogP contribution in [0.1, 0.15) is 36.1 Å². The van der Waals surface area contributed by atoms with Crippen LogP contribution in [0.15, 0.2) is 4.79 Å². The van der Waals surface area contributed by atoms with Crippen molar-refractivity contribution in [3.63, 3.8) is 0 Å². The van der Waals surface area contributed by atoms with Gasteiger partial charge in [0.15, 0.2) is 0 Å². The van der Waals surface area contributed by atoms with Crippen molar-refractivity contribution in [2.24, 2.45) is 0 Å². The van der Waals surface area contributed by atoms with Crippen molar-refractivity contribution in [2.75, 3.05) is 12.0 Å². The molecule has 1 N–H and O–H groups in total. The maximum absolute atomic E-state index is 11.6. The second kappa shape index (κ2) is 5.16. The smallest absolute Gasteiger partial charge is 0.350 e. The number of aromatic nitrogens is 1. The Morgan fingerprint density at radius 3 is 2.69 bits per heavy atom. The Balaban J connectivity index is 3.06. The Morgan fingerprint density at radius 2 is 2.19 bits per heavy atom. The zero-order valence-electron chi connectivity index (χ0n) is 9.86. The number of esters is 1. The van der Waals surface area contributed by atoms with E-state index in [9.17, 15) is 9.59 Å². The lowest BCUT2D eigenvalue weighted by atomic mass is 10.4. The van der Waals surface area contributed by atoms with Gasteiger partial charge in [0.1, 0.15) is 4.88 Å². The number of rotatable bonds is 4. The highest BCUT2D eigenvalue weighted by Gasteiger charge is 2.18. The molecule has 90 valence electrons. The first kappa shape index (κ1) is 12.8. The first-order chi connectivity index (χ1) is 7.47. The molecule has 1 aromatic heterocycles.